The number of aromatic nitrogens is 2. The van der Waals surface area contributed by atoms with Crippen LogP contribution < -0.4 is 5.56 Å². The molecular formula is C20H24N2O3S. The summed E-state index contributed by atoms with van der Waals surface area (Å²) in [4.78, 5) is 34.6. The highest BCUT2D eigenvalue weighted by Crippen LogP contribution is 2.36. The lowest BCUT2D eigenvalue weighted by atomic mass is 9.89. The molecule has 3 atom stereocenters. The number of hydrogen-bond donors (Lipinski definition) is 1. The Balaban J connectivity index is 1.59. The Kier molecular flexibility index (Phi) is 4.69. The topological polar surface area (TPSA) is 72.0 Å². The number of rotatable bonds is 3. The lowest BCUT2D eigenvalue weighted by Crippen LogP contribution is -2.22. The van der Waals surface area contributed by atoms with Crippen LogP contribution >= 0.6 is 11.3 Å². The summed E-state index contributed by atoms with van der Waals surface area (Å²) >= 11 is 1.62. The van der Waals surface area contributed by atoms with E-state index in [4.69, 9.17) is 4.74 Å². The highest BCUT2D eigenvalue weighted by molar-refractivity contribution is 7.18. The third-order valence-electron chi connectivity index (χ3n) is 5.46. The lowest BCUT2D eigenvalue weighted by molar-refractivity contribution is -0.154. The lowest BCUT2D eigenvalue weighted by Gasteiger charge is -2.19. The molecule has 0 unspecified atom stereocenters. The summed E-state index contributed by atoms with van der Waals surface area (Å²) in [7, 11) is 0. The van der Waals surface area contributed by atoms with Crippen LogP contribution in [0.2, 0.25) is 0 Å². The number of allylic oxidation sites excluding steroid dienone is 2. The Morgan fingerprint density at radius 1 is 1.38 bits per heavy atom. The minimum absolute atomic E-state index is 0.0894. The third kappa shape index (κ3) is 3.22. The van der Waals surface area contributed by atoms with E-state index in [0.29, 0.717) is 11.7 Å². The molecule has 2 aliphatic carbocycles. The number of carbonyl (C=O) groups is 1. The number of nitrogens with zero attached hydrogens (tertiary/aromatic N) is 1. The molecule has 0 spiro atoms. The summed E-state index contributed by atoms with van der Waals surface area (Å²) < 4.78 is 5.60. The molecule has 26 heavy (non-hydrogen) atoms. The van der Waals surface area contributed by atoms with E-state index in [-0.39, 0.29) is 17.4 Å². The SMILES string of the molecule is C[C@@H]1CCc2c(sc3nc([C@@H](C)OC(=O)[C@H]4CC=CCC4)[nH]c(=O)c23)C1. The van der Waals surface area contributed by atoms with Gasteiger partial charge in [0.2, 0.25) is 0 Å². The van der Waals surface area contributed by atoms with Crippen LogP contribution in [0, 0.1) is 11.8 Å². The molecule has 138 valence electrons. The predicted octanol–water partition coefficient (Wildman–Crippen LogP) is 4.07. The number of thiophene rings is 1. The smallest absolute Gasteiger partial charge is 0.309 e. The fourth-order valence-corrected chi connectivity index (χ4v) is 5.28. The molecule has 5 nitrogen and oxygen atoms in total. The number of ether oxygens (including phenoxy) is 1. The van der Waals surface area contributed by atoms with Gasteiger partial charge >= 0.3 is 5.97 Å². The molecule has 0 radical (unpaired) electrons. The Labute approximate surface area is 156 Å². The first-order valence-electron chi connectivity index (χ1n) is 9.43. The van der Waals surface area contributed by atoms with Crippen molar-refractivity contribution in [2.45, 2.75) is 58.5 Å². The summed E-state index contributed by atoms with van der Waals surface area (Å²) in [6.45, 7) is 4.02. The second kappa shape index (κ2) is 6.99. The van der Waals surface area contributed by atoms with Gasteiger partial charge in [0, 0.05) is 4.88 Å². The van der Waals surface area contributed by atoms with Gasteiger partial charge in [0.1, 0.15) is 4.83 Å². The fourth-order valence-electron chi connectivity index (χ4n) is 3.89. The van der Waals surface area contributed by atoms with E-state index in [0.717, 1.165) is 48.7 Å². The number of hydrogen-bond acceptors (Lipinski definition) is 5. The maximum atomic E-state index is 12.7. The third-order valence-corrected chi connectivity index (χ3v) is 6.61. The van der Waals surface area contributed by atoms with Gasteiger partial charge in [0.25, 0.3) is 5.56 Å². The van der Waals surface area contributed by atoms with Crippen molar-refractivity contribution in [3.63, 3.8) is 0 Å². The minimum Gasteiger partial charge on any atom is -0.454 e. The average molecular weight is 372 g/mol. The number of fused-ring (bicyclic) bond motifs is 3. The standard InChI is InChI=1S/C20H24N2O3S/c1-11-8-9-14-15(10-11)26-19-16(14)18(23)21-17(22-19)12(2)25-20(24)13-6-4-3-5-7-13/h3-4,11-13H,5-10H2,1-2H3,(H,21,22,23)/t11-,12-,13+/m1/s1. The summed E-state index contributed by atoms with van der Waals surface area (Å²) in [6.07, 6.45) is 9.11. The summed E-state index contributed by atoms with van der Waals surface area (Å²) in [6, 6.07) is 0. The molecule has 4 rings (SSSR count). The van der Waals surface area contributed by atoms with Crippen molar-refractivity contribution in [1.82, 2.24) is 9.97 Å². The van der Waals surface area contributed by atoms with Gasteiger partial charge in [-0.15, -0.1) is 11.3 Å². The van der Waals surface area contributed by atoms with Gasteiger partial charge in [0.15, 0.2) is 11.9 Å². The molecule has 2 aliphatic rings. The van der Waals surface area contributed by atoms with Crippen molar-refractivity contribution in [2.24, 2.45) is 11.8 Å². The van der Waals surface area contributed by atoms with Crippen molar-refractivity contribution in [2.75, 3.05) is 0 Å². The molecule has 0 bridgehead atoms. The number of aryl methyl sites for hydroxylation is 1. The zero-order valence-electron chi connectivity index (χ0n) is 15.2. The largest absolute Gasteiger partial charge is 0.454 e. The molecule has 2 aromatic rings. The number of nitrogens with one attached hydrogen (secondary N) is 1. The van der Waals surface area contributed by atoms with Crippen LogP contribution in [0.15, 0.2) is 16.9 Å². The molecule has 1 N–H and O–H groups in total. The van der Waals surface area contributed by atoms with Crippen molar-refractivity contribution in [1.29, 1.82) is 0 Å². The number of aromatic amines is 1. The second-order valence-corrected chi connectivity index (χ2v) is 8.63. The highest BCUT2D eigenvalue weighted by Gasteiger charge is 2.26. The molecule has 0 saturated carbocycles. The number of H-pyrrole nitrogens is 1. The summed E-state index contributed by atoms with van der Waals surface area (Å²) in [5.41, 5.74) is 1.06. The van der Waals surface area contributed by atoms with Gasteiger partial charge in [-0.2, -0.15) is 0 Å². The van der Waals surface area contributed by atoms with Gasteiger partial charge in [-0.3, -0.25) is 9.59 Å². The second-order valence-electron chi connectivity index (χ2n) is 7.54. The van der Waals surface area contributed by atoms with Gasteiger partial charge in [-0.1, -0.05) is 19.1 Å². The van der Waals surface area contributed by atoms with E-state index in [1.807, 2.05) is 6.08 Å². The van der Waals surface area contributed by atoms with E-state index in [1.54, 1.807) is 18.3 Å². The zero-order chi connectivity index (χ0) is 18.3. The first-order chi connectivity index (χ1) is 12.5. The van der Waals surface area contributed by atoms with Crippen molar-refractivity contribution < 1.29 is 9.53 Å². The van der Waals surface area contributed by atoms with Crippen LogP contribution in [-0.2, 0) is 22.4 Å². The van der Waals surface area contributed by atoms with Crippen LogP contribution in [0.1, 0.15) is 61.9 Å². The van der Waals surface area contributed by atoms with Crippen LogP contribution in [0.4, 0.5) is 0 Å². The Morgan fingerprint density at radius 3 is 3.00 bits per heavy atom. The van der Waals surface area contributed by atoms with Crippen LogP contribution in [0.5, 0.6) is 0 Å². The highest BCUT2D eigenvalue weighted by atomic mass is 32.1. The van der Waals surface area contributed by atoms with Gasteiger partial charge in [0.05, 0.1) is 11.3 Å². The van der Waals surface area contributed by atoms with Crippen molar-refractivity contribution in [3.05, 3.63) is 38.8 Å². The van der Waals surface area contributed by atoms with E-state index in [2.05, 4.69) is 23.0 Å². The maximum Gasteiger partial charge on any atom is 0.309 e. The molecule has 0 amide bonds. The van der Waals surface area contributed by atoms with Gasteiger partial charge in [-0.05, 0) is 56.9 Å². The molecule has 0 aromatic carbocycles. The van der Waals surface area contributed by atoms with E-state index in [9.17, 15) is 9.59 Å². The molecule has 6 heteroatoms. The summed E-state index contributed by atoms with van der Waals surface area (Å²) in [5, 5.41) is 0.733. The van der Waals surface area contributed by atoms with E-state index >= 15 is 0 Å². The molecule has 0 fully saturated rings. The summed E-state index contributed by atoms with van der Waals surface area (Å²) in [5.74, 6) is 0.796. The quantitative estimate of drug-likeness (QED) is 0.651. The molecule has 2 aromatic heterocycles. The average Bonchev–Trinajstić information content (AvgIpc) is 3.00. The molecule has 2 heterocycles. The van der Waals surface area contributed by atoms with Gasteiger partial charge in [-0.25, -0.2) is 4.98 Å². The van der Waals surface area contributed by atoms with E-state index < -0.39 is 6.10 Å². The Hall–Kier alpha value is -1.95. The van der Waals surface area contributed by atoms with Crippen molar-refractivity contribution >= 4 is 27.5 Å². The first-order valence-corrected chi connectivity index (χ1v) is 10.2. The first kappa shape index (κ1) is 17.5. The zero-order valence-corrected chi connectivity index (χ0v) is 16.0. The van der Waals surface area contributed by atoms with Gasteiger partial charge < -0.3 is 9.72 Å². The molecule has 0 aliphatic heterocycles. The number of esters is 1. The fraction of sp³-hybridized carbons (Fsp3) is 0.550. The minimum atomic E-state index is -0.552. The Morgan fingerprint density at radius 2 is 2.23 bits per heavy atom. The number of carbonyl (C=O) groups excluding carboxylic acids is 1. The normalized spacial score (nSPS) is 23.6. The monoisotopic (exact) mass is 372 g/mol. The van der Waals surface area contributed by atoms with E-state index in [1.165, 1.54) is 10.4 Å². The van der Waals surface area contributed by atoms with Crippen molar-refractivity contribution in [3.8, 4) is 0 Å². The van der Waals surface area contributed by atoms with Crippen LogP contribution in [0.25, 0.3) is 10.2 Å². The predicted molar refractivity (Wildman–Crippen MR) is 102 cm³/mol. The van der Waals surface area contributed by atoms with Crippen LogP contribution in [-0.4, -0.2) is 15.9 Å². The Bertz CT molecular complexity index is 927. The van der Waals surface area contributed by atoms with Crippen LogP contribution in [0.3, 0.4) is 0 Å². The molecule has 0 saturated heterocycles. The maximum absolute atomic E-state index is 12.7. The molecular weight excluding hydrogens is 348 g/mol.